The Balaban J connectivity index is 2.09. The largest absolute Gasteiger partial charge is 0.491 e. The third-order valence-corrected chi connectivity index (χ3v) is 4.06. The monoisotopic (exact) mass is 307 g/mol. The van der Waals surface area contributed by atoms with Gasteiger partial charge in [0.25, 0.3) is 5.91 Å². The number of rotatable bonds is 4. The molecular weight excluding hydrogens is 287 g/mol. The molecule has 0 fully saturated rings. The van der Waals surface area contributed by atoms with E-state index in [0.29, 0.717) is 18.7 Å². The summed E-state index contributed by atoms with van der Waals surface area (Å²) in [4.78, 5) is 13.6. The Morgan fingerprint density at radius 3 is 3.04 bits per heavy atom. The van der Waals surface area contributed by atoms with Crippen LogP contribution in [0.5, 0.6) is 5.75 Å². The van der Waals surface area contributed by atoms with E-state index in [2.05, 4.69) is 32.1 Å². The Morgan fingerprint density at radius 1 is 1.48 bits per heavy atom. The van der Waals surface area contributed by atoms with Crippen LogP contribution in [0.25, 0.3) is 5.70 Å². The van der Waals surface area contributed by atoms with Crippen LogP contribution < -0.4 is 15.9 Å². The lowest BCUT2D eigenvalue weighted by Crippen LogP contribution is -2.25. The van der Waals surface area contributed by atoms with E-state index in [-0.39, 0.29) is 0 Å². The van der Waals surface area contributed by atoms with Crippen molar-refractivity contribution < 1.29 is 9.53 Å². The summed E-state index contributed by atoms with van der Waals surface area (Å²) in [5.41, 5.74) is 13.2. The molecule has 1 amide bonds. The van der Waals surface area contributed by atoms with E-state index < -0.39 is 5.91 Å². The molecule has 3 rings (SSSR count). The number of amides is 1. The second kappa shape index (κ2) is 6.39. The lowest BCUT2D eigenvalue weighted by atomic mass is 9.66. The fraction of sp³-hybridized carbons (Fsp3) is 0.333. The molecule has 0 aromatic heterocycles. The Hall–Kier alpha value is -2.39. The first-order valence-corrected chi connectivity index (χ1v) is 7.96. The standard InChI is InChI=1S/C18H20BN2O2/c1-3-6-19-13-4-5-17-14(10-13)16-9-12(2)15(18(20)22)11-21(16)7-8-23-17/h4-5,10-11H,3,6-8H2,1-2H3,(H2,20,22). The highest BCUT2D eigenvalue weighted by Gasteiger charge is 2.24. The van der Waals surface area contributed by atoms with Crippen molar-refractivity contribution in [1.29, 1.82) is 0 Å². The van der Waals surface area contributed by atoms with E-state index in [9.17, 15) is 4.79 Å². The highest BCUT2D eigenvalue weighted by atomic mass is 16.5. The van der Waals surface area contributed by atoms with Gasteiger partial charge in [-0.3, -0.25) is 4.79 Å². The molecule has 1 aromatic carbocycles. The molecule has 1 radical (unpaired) electrons. The molecule has 0 bridgehead atoms. The van der Waals surface area contributed by atoms with E-state index >= 15 is 0 Å². The second-order valence-corrected chi connectivity index (χ2v) is 5.80. The molecule has 2 aliphatic rings. The minimum absolute atomic E-state index is 0.426. The van der Waals surface area contributed by atoms with E-state index in [1.54, 1.807) is 0 Å². The molecule has 2 aliphatic heterocycles. The first kappa shape index (κ1) is 15.5. The smallest absolute Gasteiger partial charge is 0.251 e. The zero-order valence-electron chi connectivity index (χ0n) is 13.6. The molecule has 1 aromatic rings. The molecule has 4 nitrogen and oxygen atoms in total. The Bertz CT molecular complexity index is 745. The number of hydrogen-bond donors (Lipinski definition) is 1. The summed E-state index contributed by atoms with van der Waals surface area (Å²) < 4.78 is 5.86. The minimum Gasteiger partial charge on any atom is -0.491 e. The van der Waals surface area contributed by atoms with Gasteiger partial charge in [0.15, 0.2) is 7.28 Å². The van der Waals surface area contributed by atoms with Crippen molar-refractivity contribution in [2.24, 2.45) is 5.73 Å². The van der Waals surface area contributed by atoms with Crippen LogP contribution in [0.15, 0.2) is 41.3 Å². The number of hydrogen-bond acceptors (Lipinski definition) is 3. The van der Waals surface area contributed by atoms with Gasteiger partial charge in [-0.1, -0.05) is 43.0 Å². The molecule has 0 atom stereocenters. The molecule has 0 saturated carbocycles. The number of nitrogens with two attached hydrogens (primary N) is 1. The van der Waals surface area contributed by atoms with Crippen LogP contribution in [-0.4, -0.2) is 31.2 Å². The fourth-order valence-electron chi connectivity index (χ4n) is 2.83. The van der Waals surface area contributed by atoms with Crippen molar-refractivity contribution >= 4 is 24.3 Å². The molecule has 23 heavy (non-hydrogen) atoms. The van der Waals surface area contributed by atoms with Gasteiger partial charge < -0.3 is 15.4 Å². The van der Waals surface area contributed by atoms with Crippen molar-refractivity contribution in [2.75, 3.05) is 13.2 Å². The third kappa shape index (κ3) is 3.06. The van der Waals surface area contributed by atoms with Crippen LogP contribution in [0, 0.1) is 0 Å². The van der Waals surface area contributed by atoms with Gasteiger partial charge in [0.05, 0.1) is 17.8 Å². The summed E-state index contributed by atoms with van der Waals surface area (Å²) in [6, 6.07) is 6.22. The molecular formula is C18H20BN2O2. The first-order valence-electron chi connectivity index (χ1n) is 7.96. The molecule has 117 valence electrons. The molecule has 0 aliphatic carbocycles. The van der Waals surface area contributed by atoms with Crippen molar-refractivity contribution in [3.05, 3.63) is 46.8 Å². The Kier molecular flexibility index (Phi) is 4.31. The molecule has 5 heteroatoms. The Labute approximate surface area is 137 Å². The van der Waals surface area contributed by atoms with E-state index in [1.807, 2.05) is 24.1 Å². The highest BCUT2D eigenvalue weighted by Crippen LogP contribution is 2.33. The average molecular weight is 307 g/mol. The summed E-state index contributed by atoms with van der Waals surface area (Å²) in [6.45, 7) is 5.24. The van der Waals surface area contributed by atoms with Crippen LogP contribution in [-0.2, 0) is 4.79 Å². The maximum Gasteiger partial charge on any atom is 0.251 e. The summed E-state index contributed by atoms with van der Waals surface area (Å²) in [6.07, 6.45) is 3.97. The van der Waals surface area contributed by atoms with Crippen LogP contribution in [0.3, 0.4) is 0 Å². The summed E-state index contributed by atoms with van der Waals surface area (Å²) in [5, 5.41) is 0. The fourth-order valence-corrected chi connectivity index (χ4v) is 2.83. The van der Waals surface area contributed by atoms with Crippen molar-refractivity contribution in [3.63, 3.8) is 0 Å². The molecule has 0 spiro atoms. The minimum atomic E-state index is -0.426. The topological polar surface area (TPSA) is 55.6 Å². The van der Waals surface area contributed by atoms with Gasteiger partial charge >= 0.3 is 0 Å². The van der Waals surface area contributed by atoms with Gasteiger partial charge in [-0.25, -0.2) is 0 Å². The number of primary amides is 1. The van der Waals surface area contributed by atoms with Gasteiger partial charge in [0.2, 0.25) is 0 Å². The number of fused-ring (bicyclic) bond motifs is 3. The van der Waals surface area contributed by atoms with E-state index in [1.165, 1.54) is 5.46 Å². The molecule has 0 saturated heterocycles. The average Bonchev–Trinajstić information content (AvgIpc) is 2.71. The number of benzene rings is 1. The van der Waals surface area contributed by atoms with Gasteiger partial charge in [-0.15, -0.1) is 0 Å². The number of nitrogens with zero attached hydrogens (tertiary/aromatic N) is 1. The van der Waals surface area contributed by atoms with E-state index in [4.69, 9.17) is 10.5 Å². The van der Waals surface area contributed by atoms with Crippen LogP contribution >= 0.6 is 0 Å². The lowest BCUT2D eigenvalue weighted by Gasteiger charge is -2.24. The summed E-state index contributed by atoms with van der Waals surface area (Å²) >= 11 is 0. The maximum absolute atomic E-state index is 11.6. The van der Waals surface area contributed by atoms with Crippen molar-refractivity contribution in [3.8, 4) is 5.75 Å². The predicted molar refractivity (Wildman–Crippen MR) is 92.5 cm³/mol. The van der Waals surface area contributed by atoms with Gasteiger partial charge in [-0.2, -0.15) is 0 Å². The van der Waals surface area contributed by atoms with Crippen molar-refractivity contribution in [1.82, 2.24) is 4.90 Å². The van der Waals surface area contributed by atoms with Crippen molar-refractivity contribution in [2.45, 2.75) is 26.6 Å². The lowest BCUT2D eigenvalue weighted by molar-refractivity contribution is -0.114. The van der Waals surface area contributed by atoms with Crippen LogP contribution in [0.4, 0.5) is 0 Å². The molecule has 0 unspecified atom stereocenters. The maximum atomic E-state index is 11.6. The van der Waals surface area contributed by atoms with Gasteiger partial charge in [0.1, 0.15) is 12.4 Å². The summed E-state index contributed by atoms with van der Waals surface area (Å²) in [7, 11) is 2.22. The SMILES string of the molecule is CCC[B]c1ccc2c(c1)C1=C=C(C)C(C(N)=O)=CN1CCO2. The normalized spacial score (nSPS) is 16.1. The first-order chi connectivity index (χ1) is 11.1. The number of carbonyl (C=O) groups excluding carboxylic acids is 1. The molecule has 2 N–H and O–H groups in total. The Morgan fingerprint density at radius 2 is 2.30 bits per heavy atom. The quantitative estimate of drug-likeness (QED) is 0.682. The summed E-state index contributed by atoms with van der Waals surface area (Å²) in [5.74, 6) is 0.428. The second-order valence-electron chi connectivity index (χ2n) is 5.80. The predicted octanol–water partition coefficient (Wildman–Crippen LogP) is 1.81. The van der Waals surface area contributed by atoms with Crippen LogP contribution in [0.1, 0.15) is 25.8 Å². The van der Waals surface area contributed by atoms with Gasteiger partial charge in [-0.05, 0) is 13.0 Å². The highest BCUT2D eigenvalue weighted by molar-refractivity contribution is 6.53. The zero-order valence-corrected chi connectivity index (χ0v) is 13.6. The zero-order chi connectivity index (χ0) is 16.4. The number of carbonyl (C=O) groups is 1. The number of ether oxygens (including phenoxy) is 1. The third-order valence-electron chi connectivity index (χ3n) is 4.06. The molecule has 2 heterocycles. The van der Waals surface area contributed by atoms with Gasteiger partial charge in [0, 0.05) is 17.3 Å². The van der Waals surface area contributed by atoms with Crippen LogP contribution in [0.2, 0.25) is 6.32 Å². The van der Waals surface area contributed by atoms with E-state index in [0.717, 1.165) is 35.3 Å².